The first kappa shape index (κ1) is 7.91. The molecule has 0 aliphatic carbocycles. The minimum Gasteiger partial charge on any atom is -0.303 e. The van der Waals surface area contributed by atoms with E-state index in [1.807, 2.05) is 6.92 Å². The van der Waals surface area contributed by atoms with E-state index in [4.69, 9.17) is 0 Å². The highest BCUT2D eigenvalue weighted by molar-refractivity contribution is 5.49. The molecule has 0 aliphatic rings. The number of hydrogen-bond donors (Lipinski definition) is 0. The molecule has 0 amide bonds. The Labute approximate surface area is 65.2 Å². The molecule has 11 heavy (non-hydrogen) atoms. The van der Waals surface area contributed by atoms with E-state index < -0.39 is 0 Å². The molecule has 0 bridgehead atoms. The van der Waals surface area contributed by atoms with Gasteiger partial charge in [-0.05, 0) is 5.92 Å². The summed E-state index contributed by atoms with van der Waals surface area (Å²) in [6.07, 6.45) is 4.66. The van der Waals surface area contributed by atoms with E-state index in [0.29, 0.717) is 12.3 Å². The van der Waals surface area contributed by atoms with Gasteiger partial charge in [-0.15, -0.1) is 0 Å². The van der Waals surface area contributed by atoms with Gasteiger partial charge in [-0.1, -0.05) is 6.92 Å². The van der Waals surface area contributed by atoms with Gasteiger partial charge in [0, 0.05) is 13.0 Å². The van der Waals surface area contributed by atoms with Crippen LogP contribution in [0.25, 0.3) is 0 Å². The first-order chi connectivity index (χ1) is 5.33. The molecule has 1 unspecified atom stereocenters. The molecule has 0 saturated heterocycles. The Morgan fingerprint density at radius 3 is 3.09 bits per heavy atom. The number of hydrogen-bond acceptors (Lipinski definition) is 3. The molecule has 1 aromatic rings. The molecule has 1 rings (SSSR count). The van der Waals surface area contributed by atoms with Gasteiger partial charge in [0.25, 0.3) is 0 Å². The van der Waals surface area contributed by atoms with E-state index in [9.17, 15) is 4.79 Å². The first-order valence-corrected chi connectivity index (χ1v) is 3.59. The second-order valence-electron chi connectivity index (χ2n) is 2.63. The molecule has 0 radical (unpaired) electrons. The smallest absolute Gasteiger partial charge is 0.137 e. The molecule has 1 heterocycles. The van der Waals surface area contributed by atoms with Crippen molar-refractivity contribution in [2.45, 2.75) is 19.9 Å². The normalized spacial score (nSPS) is 12.8. The Morgan fingerprint density at radius 2 is 2.55 bits per heavy atom. The maximum atomic E-state index is 10.1. The molecule has 4 heteroatoms. The Bertz CT molecular complexity index is 207. The molecule has 0 aliphatic heterocycles. The zero-order chi connectivity index (χ0) is 8.10. The fourth-order valence-electron chi connectivity index (χ4n) is 0.885. The first-order valence-electron chi connectivity index (χ1n) is 3.59. The minimum absolute atomic E-state index is 0.342. The van der Waals surface area contributed by atoms with Crippen molar-refractivity contribution in [2.75, 3.05) is 0 Å². The summed E-state index contributed by atoms with van der Waals surface area (Å²) in [5, 5.41) is 3.93. The summed E-state index contributed by atoms with van der Waals surface area (Å²) in [7, 11) is 0. The van der Waals surface area contributed by atoms with Gasteiger partial charge in [0.05, 0.1) is 0 Å². The van der Waals surface area contributed by atoms with Gasteiger partial charge < -0.3 is 4.79 Å². The van der Waals surface area contributed by atoms with Crippen molar-refractivity contribution in [2.24, 2.45) is 5.92 Å². The highest BCUT2D eigenvalue weighted by Gasteiger charge is 2.01. The number of carbonyl (C=O) groups excluding carboxylic acids is 1. The summed E-state index contributed by atoms with van der Waals surface area (Å²) in [6.45, 7) is 2.77. The average molecular weight is 153 g/mol. The van der Waals surface area contributed by atoms with Crippen LogP contribution in [0.3, 0.4) is 0 Å². The lowest BCUT2D eigenvalue weighted by atomic mass is 10.1. The van der Waals surface area contributed by atoms with E-state index in [1.165, 1.54) is 6.33 Å². The molecule has 1 atom stereocenters. The second kappa shape index (κ2) is 3.85. The largest absolute Gasteiger partial charge is 0.303 e. The summed E-state index contributed by atoms with van der Waals surface area (Å²) in [4.78, 5) is 13.9. The van der Waals surface area contributed by atoms with Crippen molar-refractivity contribution in [3.8, 4) is 0 Å². The fourth-order valence-corrected chi connectivity index (χ4v) is 0.885. The van der Waals surface area contributed by atoms with Crippen LogP contribution in [0.5, 0.6) is 0 Å². The lowest BCUT2D eigenvalue weighted by Crippen LogP contribution is -2.08. The highest BCUT2D eigenvalue weighted by atomic mass is 16.1. The molecule has 4 nitrogen and oxygen atoms in total. The van der Waals surface area contributed by atoms with Gasteiger partial charge in [-0.2, -0.15) is 5.10 Å². The van der Waals surface area contributed by atoms with E-state index in [-0.39, 0.29) is 0 Å². The van der Waals surface area contributed by atoms with E-state index in [1.54, 1.807) is 11.0 Å². The van der Waals surface area contributed by atoms with Crippen LogP contribution >= 0.6 is 0 Å². The third-order valence-electron chi connectivity index (χ3n) is 1.46. The number of nitrogens with zero attached hydrogens (tertiary/aromatic N) is 3. The number of aldehydes is 1. The van der Waals surface area contributed by atoms with Gasteiger partial charge in [-0.3, -0.25) is 4.68 Å². The molecule has 0 fully saturated rings. The Kier molecular flexibility index (Phi) is 2.77. The maximum absolute atomic E-state index is 10.1. The molecule has 1 aromatic heterocycles. The third kappa shape index (κ3) is 2.49. The summed E-state index contributed by atoms with van der Waals surface area (Å²) < 4.78 is 1.73. The summed E-state index contributed by atoms with van der Waals surface area (Å²) in [6, 6.07) is 0. The van der Waals surface area contributed by atoms with Crippen LogP contribution in [0.2, 0.25) is 0 Å². The van der Waals surface area contributed by atoms with E-state index in [0.717, 1.165) is 12.8 Å². The van der Waals surface area contributed by atoms with Crippen LogP contribution in [-0.2, 0) is 11.3 Å². The van der Waals surface area contributed by atoms with Crippen molar-refractivity contribution in [1.29, 1.82) is 0 Å². The Balaban J connectivity index is 2.37. The van der Waals surface area contributed by atoms with Crippen LogP contribution in [0.15, 0.2) is 12.7 Å². The molecule has 0 saturated carbocycles. The van der Waals surface area contributed by atoms with Gasteiger partial charge in [-0.25, -0.2) is 4.98 Å². The fraction of sp³-hybridized carbons (Fsp3) is 0.571. The Hall–Kier alpha value is -1.19. The van der Waals surface area contributed by atoms with E-state index >= 15 is 0 Å². The van der Waals surface area contributed by atoms with Crippen molar-refractivity contribution >= 4 is 6.29 Å². The van der Waals surface area contributed by atoms with Crippen LogP contribution in [0.4, 0.5) is 0 Å². The topological polar surface area (TPSA) is 47.8 Å². The van der Waals surface area contributed by atoms with Crippen molar-refractivity contribution in [3.05, 3.63) is 12.7 Å². The van der Waals surface area contributed by atoms with E-state index in [2.05, 4.69) is 10.1 Å². The van der Waals surface area contributed by atoms with Crippen molar-refractivity contribution < 1.29 is 4.79 Å². The lowest BCUT2D eigenvalue weighted by molar-refractivity contribution is -0.108. The average Bonchev–Trinajstić information content (AvgIpc) is 2.40. The van der Waals surface area contributed by atoms with Gasteiger partial charge in [0.2, 0.25) is 0 Å². The number of aromatic nitrogens is 3. The number of carbonyl (C=O) groups is 1. The predicted octanol–water partition coefficient (Wildman–Crippen LogP) is 0.503. The van der Waals surface area contributed by atoms with Crippen LogP contribution < -0.4 is 0 Å². The van der Waals surface area contributed by atoms with Crippen molar-refractivity contribution in [3.63, 3.8) is 0 Å². The third-order valence-corrected chi connectivity index (χ3v) is 1.46. The lowest BCUT2D eigenvalue weighted by Gasteiger charge is -2.05. The summed E-state index contributed by atoms with van der Waals surface area (Å²) >= 11 is 0. The SMILES string of the molecule is CC(CC=O)Cn1cncn1. The summed E-state index contributed by atoms with van der Waals surface area (Å²) in [5.74, 6) is 0.342. The highest BCUT2D eigenvalue weighted by Crippen LogP contribution is 2.01. The molecule has 0 aromatic carbocycles. The zero-order valence-electron chi connectivity index (χ0n) is 6.47. The van der Waals surface area contributed by atoms with Crippen LogP contribution in [-0.4, -0.2) is 21.1 Å². The van der Waals surface area contributed by atoms with Crippen molar-refractivity contribution in [1.82, 2.24) is 14.8 Å². The monoisotopic (exact) mass is 153 g/mol. The van der Waals surface area contributed by atoms with Gasteiger partial charge in [0.1, 0.15) is 18.9 Å². The molecule has 0 spiro atoms. The van der Waals surface area contributed by atoms with Gasteiger partial charge in [0.15, 0.2) is 0 Å². The quantitative estimate of drug-likeness (QED) is 0.592. The van der Waals surface area contributed by atoms with Gasteiger partial charge >= 0.3 is 0 Å². The van der Waals surface area contributed by atoms with Crippen LogP contribution in [0.1, 0.15) is 13.3 Å². The molecule has 60 valence electrons. The predicted molar refractivity (Wildman–Crippen MR) is 39.9 cm³/mol. The van der Waals surface area contributed by atoms with Crippen LogP contribution in [0, 0.1) is 5.92 Å². The number of rotatable bonds is 4. The summed E-state index contributed by atoms with van der Waals surface area (Å²) in [5.41, 5.74) is 0. The Morgan fingerprint density at radius 1 is 1.73 bits per heavy atom. The minimum atomic E-state index is 0.342. The maximum Gasteiger partial charge on any atom is 0.137 e. The standard InChI is InChI=1S/C7H11N3O/c1-7(2-3-11)4-10-6-8-5-9-10/h3,5-7H,2,4H2,1H3. The molecular formula is C7H11N3O. The second-order valence-corrected chi connectivity index (χ2v) is 2.63. The molecule has 0 N–H and O–H groups in total. The molecular weight excluding hydrogens is 142 g/mol. The zero-order valence-corrected chi connectivity index (χ0v) is 6.47.